The third-order valence-electron chi connectivity index (χ3n) is 2.40. The number of rotatable bonds is 6. The Balaban J connectivity index is 2.25. The van der Waals surface area contributed by atoms with Gasteiger partial charge in [-0.3, -0.25) is 4.79 Å². The first-order chi connectivity index (χ1) is 7.53. The van der Waals surface area contributed by atoms with Crippen molar-refractivity contribution in [2.75, 3.05) is 26.0 Å². The third-order valence-corrected chi connectivity index (χ3v) is 3.75. The minimum Gasteiger partial charge on any atom is -0.468 e. The molecule has 0 saturated carbocycles. The normalized spacial score (nSPS) is 20.9. The van der Waals surface area contributed by atoms with Crippen molar-refractivity contribution in [1.82, 2.24) is 4.72 Å². The van der Waals surface area contributed by atoms with E-state index in [0.717, 1.165) is 12.8 Å². The minimum absolute atomic E-state index is 0.0192. The lowest BCUT2D eigenvalue weighted by Crippen LogP contribution is -2.33. The largest absolute Gasteiger partial charge is 0.468 e. The first-order valence-electron chi connectivity index (χ1n) is 5.19. The summed E-state index contributed by atoms with van der Waals surface area (Å²) in [5.41, 5.74) is 0. The lowest BCUT2D eigenvalue weighted by molar-refractivity contribution is -0.139. The summed E-state index contributed by atoms with van der Waals surface area (Å²) in [6.07, 6.45) is 2.40. The van der Waals surface area contributed by atoms with Crippen LogP contribution in [0.3, 0.4) is 0 Å². The summed E-state index contributed by atoms with van der Waals surface area (Å²) < 4.78 is 34.7. The Morgan fingerprint density at radius 2 is 2.31 bits per heavy atom. The maximum atomic E-state index is 11.4. The van der Waals surface area contributed by atoms with Crippen LogP contribution in [0, 0.1) is 0 Å². The van der Waals surface area contributed by atoms with Crippen molar-refractivity contribution in [3.8, 4) is 0 Å². The van der Waals surface area contributed by atoms with Gasteiger partial charge in [-0.2, -0.15) is 0 Å². The summed E-state index contributed by atoms with van der Waals surface area (Å²) in [5.74, 6) is -0.616. The van der Waals surface area contributed by atoms with Gasteiger partial charge in [-0.15, -0.1) is 0 Å². The zero-order valence-corrected chi connectivity index (χ0v) is 10.1. The second-order valence-corrected chi connectivity index (χ2v) is 5.57. The number of ether oxygens (including phenoxy) is 2. The number of nitrogens with one attached hydrogen (secondary N) is 1. The van der Waals surface area contributed by atoms with E-state index >= 15 is 0 Å². The molecule has 1 heterocycles. The molecule has 1 rings (SSSR count). The maximum absolute atomic E-state index is 11.4. The van der Waals surface area contributed by atoms with Gasteiger partial charge in [0.25, 0.3) is 0 Å². The van der Waals surface area contributed by atoms with Gasteiger partial charge in [0.1, 0.15) is 6.54 Å². The minimum atomic E-state index is -3.41. The molecule has 16 heavy (non-hydrogen) atoms. The summed E-state index contributed by atoms with van der Waals surface area (Å²) in [7, 11) is -2.19. The molecule has 0 amide bonds. The highest BCUT2D eigenvalue weighted by Crippen LogP contribution is 2.15. The van der Waals surface area contributed by atoms with Crippen molar-refractivity contribution in [2.45, 2.75) is 25.4 Å². The van der Waals surface area contributed by atoms with E-state index in [2.05, 4.69) is 9.46 Å². The van der Waals surface area contributed by atoms with E-state index in [1.165, 1.54) is 7.11 Å². The van der Waals surface area contributed by atoms with Crippen LogP contribution in [-0.2, 0) is 24.3 Å². The Hall–Kier alpha value is -0.660. The van der Waals surface area contributed by atoms with Crippen LogP contribution < -0.4 is 4.72 Å². The molecular formula is C9H17NO5S. The molecule has 0 aromatic carbocycles. The van der Waals surface area contributed by atoms with Crippen molar-refractivity contribution in [3.05, 3.63) is 0 Å². The SMILES string of the molecule is COC(=O)CNS(=O)(=O)CC[C@H]1CCCO1. The van der Waals surface area contributed by atoms with Crippen LogP contribution in [0.1, 0.15) is 19.3 Å². The Kier molecular flexibility index (Phi) is 5.17. The molecule has 0 aromatic heterocycles. The van der Waals surface area contributed by atoms with E-state index in [4.69, 9.17) is 4.74 Å². The molecule has 1 aliphatic heterocycles. The van der Waals surface area contributed by atoms with Crippen LogP contribution in [0.25, 0.3) is 0 Å². The van der Waals surface area contributed by atoms with Crippen LogP contribution in [-0.4, -0.2) is 46.5 Å². The van der Waals surface area contributed by atoms with Crippen LogP contribution in [0.15, 0.2) is 0 Å². The van der Waals surface area contributed by atoms with Crippen LogP contribution in [0.4, 0.5) is 0 Å². The zero-order valence-electron chi connectivity index (χ0n) is 9.27. The number of esters is 1. The zero-order chi connectivity index (χ0) is 12.0. The standard InChI is InChI=1S/C9H17NO5S/c1-14-9(11)7-10-16(12,13)6-4-8-3-2-5-15-8/h8,10H,2-7H2,1H3/t8-/m1/s1. The van der Waals surface area contributed by atoms with Crippen LogP contribution >= 0.6 is 0 Å². The highest BCUT2D eigenvalue weighted by atomic mass is 32.2. The molecule has 0 aromatic rings. The van der Waals surface area contributed by atoms with Gasteiger partial charge >= 0.3 is 5.97 Å². The number of hydrogen-bond acceptors (Lipinski definition) is 5. The smallest absolute Gasteiger partial charge is 0.320 e. The molecule has 94 valence electrons. The highest BCUT2D eigenvalue weighted by Gasteiger charge is 2.19. The Morgan fingerprint density at radius 1 is 1.56 bits per heavy atom. The summed E-state index contributed by atoms with van der Waals surface area (Å²) >= 11 is 0. The molecule has 1 fully saturated rings. The summed E-state index contributed by atoms with van der Waals surface area (Å²) in [4.78, 5) is 10.7. The predicted octanol–water partition coefficient (Wildman–Crippen LogP) is -0.352. The first kappa shape index (κ1) is 13.4. The lowest BCUT2D eigenvalue weighted by atomic mass is 10.2. The van der Waals surface area contributed by atoms with Crippen molar-refractivity contribution in [2.24, 2.45) is 0 Å². The van der Waals surface area contributed by atoms with Gasteiger partial charge in [0.15, 0.2) is 0 Å². The molecule has 0 radical (unpaired) electrons. The predicted molar refractivity (Wildman–Crippen MR) is 57.4 cm³/mol. The molecule has 6 nitrogen and oxygen atoms in total. The third kappa shape index (κ3) is 4.91. The number of methoxy groups -OCH3 is 1. The summed E-state index contributed by atoms with van der Waals surface area (Å²) in [5, 5.41) is 0. The molecule has 1 atom stereocenters. The second kappa shape index (κ2) is 6.17. The molecule has 0 bridgehead atoms. The van der Waals surface area contributed by atoms with E-state index in [-0.39, 0.29) is 18.4 Å². The van der Waals surface area contributed by atoms with Gasteiger partial charge in [0.05, 0.1) is 19.0 Å². The van der Waals surface area contributed by atoms with Crippen molar-refractivity contribution >= 4 is 16.0 Å². The number of sulfonamides is 1. The fourth-order valence-corrected chi connectivity index (χ4v) is 2.53. The average molecular weight is 251 g/mol. The van der Waals surface area contributed by atoms with Gasteiger partial charge in [-0.1, -0.05) is 0 Å². The second-order valence-electron chi connectivity index (χ2n) is 3.64. The van der Waals surface area contributed by atoms with Gasteiger partial charge in [-0.05, 0) is 19.3 Å². The van der Waals surface area contributed by atoms with Crippen LogP contribution in [0.2, 0.25) is 0 Å². The first-order valence-corrected chi connectivity index (χ1v) is 6.84. The van der Waals surface area contributed by atoms with Gasteiger partial charge in [0.2, 0.25) is 10.0 Å². The molecular weight excluding hydrogens is 234 g/mol. The van der Waals surface area contributed by atoms with E-state index < -0.39 is 16.0 Å². The molecule has 7 heteroatoms. The van der Waals surface area contributed by atoms with Gasteiger partial charge in [0, 0.05) is 6.61 Å². The summed E-state index contributed by atoms with van der Waals surface area (Å²) in [6, 6.07) is 0. The van der Waals surface area contributed by atoms with E-state index in [0.29, 0.717) is 13.0 Å². The summed E-state index contributed by atoms with van der Waals surface area (Å²) in [6.45, 7) is 0.394. The Labute approximate surface area is 95.4 Å². The highest BCUT2D eigenvalue weighted by molar-refractivity contribution is 7.89. The van der Waals surface area contributed by atoms with E-state index in [9.17, 15) is 13.2 Å². The monoisotopic (exact) mass is 251 g/mol. The Morgan fingerprint density at radius 3 is 2.88 bits per heavy atom. The molecule has 1 N–H and O–H groups in total. The van der Waals surface area contributed by atoms with Gasteiger partial charge < -0.3 is 9.47 Å². The van der Waals surface area contributed by atoms with Crippen LogP contribution in [0.5, 0.6) is 0 Å². The Bertz CT molecular complexity index is 321. The average Bonchev–Trinajstić information content (AvgIpc) is 2.76. The van der Waals surface area contributed by atoms with Crippen molar-refractivity contribution in [3.63, 3.8) is 0 Å². The van der Waals surface area contributed by atoms with E-state index in [1.54, 1.807) is 0 Å². The molecule has 0 spiro atoms. The van der Waals surface area contributed by atoms with E-state index in [1.807, 2.05) is 0 Å². The topological polar surface area (TPSA) is 81.7 Å². The fraction of sp³-hybridized carbons (Fsp3) is 0.889. The quantitative estimate of drug-likeness (QED) is 0.652. The van der Waals surface area contributed by atoms with Gasteiger partial charge in [-0.25, -0.2) is 13.1 Å². The van der Waals surface area contributed by atoms with Crippen molar-refractivity contribution < 1.29 is 22.7 Å². The number of hydrogen-bond donors (Lipinski definition) is 1. The number of carbonyl (C=O) groups excluding carboxylic acids is 1. The lowest BCUT2D eigenvalue weighted by Gasteiger charge is -2.09. The fourth-order valence-electron chi connectivity index (χ4n) is 1.47. The molecule has 1 saturated heterocycles. The number of carbonyl (C=O) groups is 1. The maximum Gasteiger partial charge on any atom is 0.320 e. The molecule has 1 aliphatic rings. The molecule has 0 unspecified atom stereocenters. The molecule has 0 aliphatic carbocycles. The van der Waals surface area contributed by atoms with Crippen molar-refractivity contribution in [1.29, 1.82) is 0 Å².